The molecule has 1 heterocycles. The van der Waals surface area contributed by atoms with Crippen LogP contribution in [0.2, 0.25) is 0 Å². The lowest BCUT2D eigenvalue weighted by atomic mass is 10.2. The molecule has 108 valence electrons. The molecule has 6 heteroatoms. The number of anilines is 1. The molecule has 2 aromatic rings. The smallest absolute Gasteiger partial charge is 0.255 e. The first kappa shape index (κ1) is 14.5. The van der Waals surface area contributed by atoms with Gasteiger partial charge in [-0.3, -0.25) is 14.4 Å². The molecule has 0 aliphatic heterocycles. The van der Waals surface area contributed by atoms with Crippen LogP contribution in [0.4, 0.5) is 5.69 Å². The molecule has 1 aromatic heterocycles. The van der Waals surface area contributed by atoms with Gasteiger partial charge in [0.1, 0.15) is 0 Å². The minimum atomic E-state index is -0.383. The maximum atomic E-state index is 11.9. The van der Waals surface area contributed by atoms with Crippen molar-refractivity contribution in [3.05, 3.63) is 64.1 Å². The van der Waals surface area contributed by atoms with E-state index in [0.717, 1.165) is 0 Å². The van der Waals surface area contributed by atoms with E-state index in [1.807, 2.05) is 6.92 Å². The van der Waals surface area contributed by atoms with Crippen molar-refractivity contribution >= 4 is 17.5 Å². The number of nitrogens with one attached hydrogen (secondary N) is 3. The van der Waals surface area contributed by atoms with Crippen molar-refractivity contribution in [3.8, 4) is 0 Å². The average Bonchev–Trinajstić information content (AvgIpc) is 2.48. The number of pyridine rings is 1. The van der Waals surface area contributed by atoms with Crippen LogP contribution < -0.4 is 16.2 Å². The van der Waals surface area contributed by atoms with Gasteiger partial charge < -0.3 is 15.6 Å². The maximum absolute atomic E-state index is 11.9. The number of amides is 2. The second kappa shape index (κ2) is 6.51. The lowest BCUT2D eigenvalue weighted by molar-refractivity contribution is 0.0955. The molecule has 0 aliphatic rings. The lowest BCUT2D eigenvalue weighted by Gasteiger charge is -2.06. The van der Waals surface area contributed by atoms with Crippen LogP contribution in [0.15, 0.2) is 47.4 Å². The molecule has 0 radical (unpaired) electrons. The van der Waals surface area contributed by atoms with Crippen molar-refractivity contribution < 1.29 is 9.59 Å². The summed E-state index contributed by atoms with van der Waals surface area (Å²) >= 11 is 0. The zero-order valence-corrected chi connectivity index (χ0v) is 11.5. The zero-order valence-electron chi connectivity index (χ0n) is 11.5. The fourth-order valence-corrected chi connectivity index (χ4v) is 1.76. The van der Waals surface area contributed by atoms with Gasteiger partial charge in [0, 0.05) is 35.6 Å². The van der Waals surface area contributed by atoms with Crippen molar-refractivity contribution in [2.75, 3.05) is 11.9 Å². The number of aromatic amines is 1. The van der Waals surface area contributed by atoms with E-state index >= 15 is 0 Å². The fourth-order valence-electron chi connectivity index (χ4n) is 1.76. The molecule has 0 aliphatic carbocycles. The first-order valence-electron chi connectivity index (χ1n) is 6.48. The Hall–Kier alpha value is -2.89. The fraction of sp³-hybridized carbons (Fsp3) is 0.133. The van der Waals surface area contributed by atoms with Crippen molar-refractivity contribution in [1.29, 1.82) is 0 Å². The van der Waals surface area contributed by atoms with Crippen molar-refractivity contribution in [2.24, 2.45) is 0 Å². The quantitative estimate of drug-likeness (QED) is 0.792. The standard InChI is InChI=1S/C15H15N3O3/c1-2-16-14(20)10-3-5-12(6-4-10)18-15(21)11-7-8-17-13(19)9-11/h3-9H,2H2,1H3,(H,16,20)(H,17,19)(H,18,21). The number of H-pyrrole nitrogens is 1. The highest BCUT2D eigenvalue weighted by molar-refractivity contribution is 6.04. The summed E-state index contributed by atoms with van der Waals surface area (Å²) in [6.45, 7) is 2.40. The molecule has 2 rings (SSSR count). The van der Waals surface area contributed by atoms with E-state index in [-0.39, 0.29) is 22.9 Å². The zero-order chi connectivity index (χ0) is 15.2. The van der Waals surface area contributed by atoms with Crippen LogP contribution in [-0.2, 0) is 0 Å². The molecule has 2 amide bonds. The van der Waals surface area contributed by atoms with Gasteiger partial charge in [-0.15, -0.1) is 0 Å². The Kier molecular flexibility index (Phi) is 4.50. The Morgan fingerprint density at radius 1 is 1.05 bits per heavy atom. The van der Waals surface area contributed by atoms with Crippen LogP contribution in [0.5, 0.6) is 0 Å². The van der Waals surface area contributed by atoms with Gasteiger partial charge >= 0.3 is 0 Å². The van der Waals surface area contributed by atoms with Gasteiger partial charge in [-0.05, 0) is 37.3 Å². The van der Waals surface area contributed by atoms with E-state index in [9.17, 15) is 14.4 Å². The van der Waals surface area contributed by atoms with Crippen LogP contribution in [0.1, 0.15) is 27.6 Å². The van der Waals surface area contributed by atoms with Gasteiger partial charge in [0.05, 0.1) is 0 Å². The van der Waals surface area contributed by atoms with Crippen LogP contribution in [0.25, 0.3) is 0 Å². The average molecular weight is 285 g/mol. The van der Waals surface area contributed by atoms with E-state index in [0.29, 0.717) is 17.8 Å². The third kappa shape index (κ3) is 3.79. The molecule has 6 nitrogen and oxygen atoms in total. The molecule has 0 bridgehead atoms. The summed E-state index contributed by atoms with van der Waals surface area (Å²) in [7, 11) is 0. The number of benzene rings is 1. The molecule has 3 N–H and O–H groups in total. The van der Waals surface area contributed by atoms with Crippen molar-refractivity contribution in [2.45, 2.75) is 6.92 Å². The number of rotatable bonds is 4. The number of carbonyl (C=O) groups is 2. The van der Waals surface area contributed by atoms with Gasteiger partial charge in [-0.1, -0.05) is 0 Å². The van der Waals surface area contributed by atoms with Gasteiger partial charge in [0.15, 0.2) is 0 Å². The predicted molar refractivity (Wildman–Crippen MR) is 79.5 cm³/mol. The molecule has 1 aromatic carbocycles. The van der Waals surface area contributed by atoms with Gasteiger partial charge in [0.25, 0.3) is 11.8 Å². The highest BCUT2D eigenvalue weighted by Gasteiger charge is 2.08. The van der Waals surface area contributed by atoms with Crippen LogP contribution in [-0.4, -0.2) is 23.3 Å². The number of carbonyl (C=O) groups excluding carboxylic acids is 2. The van der Waals surface area contributed by atoms with E-state index in [2.05, 4.69) is 15.6 Å². The largest absolute Gasteiger partial charge is 0.352 e. The van der Waals surface area contributed by atoms with E-state index < -0.39 is 0 Å². The number of hydrogen-bond donors (Lipinski definition) is 3. The minimum absolute atomic E-state index is 0.162. The summed E-state index contributed by atoms with van der Waals surface area (Å²) in [6.07, 6.45) is 1.41. The van der Waals surface area contributed by atoms with Gasteiger partial charge in [-0.25, -0.2) is 0 Å². The Morgan fingerprint density at radius 3 is 2.38 bits per heavy atom. The maximum Gasteiger partial charge on any atom is 0.255 e. The Balaban J connectivity index is 2.08. The molecule has 0 spiro atoms. The first-order chi connectivity index (χ1) is 10.1. The molecule has 0 atom stereocenters. The lowest BCUT2D eigenvalue weighted by Crippen LogP contribution is -2.22. The highest BCUT2D eigenvalue weighted by Crippen LogP contribution is 2.11. The minimum Gasteiger partial charge on any atom is -0.352 e. The van der Waals surface area contributed by atoms with Crippen LogP contribution >= 0.6 is 0 Å². The third-order valence-corrected chi connectivity index (χ3v) is 2.78. The van der Waals surface area contributed by atoms with Crippen LogP contribution in [0.3, 0.4) is 0 Å². The molecule has 0 unspecified atom stereocenters. The summed E-state index contributed by atoms with van der Waals surface area (Å²) in [5.41, 5.74) is 1.00. The second-order valence-electron chi connectivity index (χ2n) is 4.33. The summed E-state index contributed by atoms with van der Waals surface area (Å²) in [5.74, 6) is -0.545. The van der Waals surface area contributed by atoms with E-state index in [1.54, 1.807) is 24.3 Å². The number of aromatic nitrogens is 1. The third-order valence-electron chi connectivity index (χ3n) is 2.78. The van der Waals surface area contributed by atoms with E-state index in [4.69, 9.17) is 0 Å². The summed E-state index contributed by atoms with van der Waals surface area (Å²) in [6, 6.07) is 9.25. The summed E-state index contributed by atoms with van der Waals surface area (Å²) in [4.78, 5) is 37.1. The Morgan fingerprint density at radius 2 is 1.76 bits per heavy atom. The Bertz CT molecular complexity index is 705. The normalized spacial score (nSPS) is 9.95. The highest BCUT2D eigenvalue weighted by atomic mass is 16.2. The monoisotopic (exact) mass is 285 g/mol. The summed E-state index contributed by atoms with van der Waals surface area (Å²) in [5, 5.41) is 5.35. The van der Waals surface area contributed by atoms with Crippen molar-refractivity contribution in [3.63, 3.8) is 0 Å². The van der Waals surface area contributed by atoms with Gasteiger partial charge in [-0.2, -0.15) is 0 Å². The molecule has 0 saturated carbocycles. The predicted octanol–water partition coefficient (Wildman–Crippen LogP) is 1.38. The molecular weight excluding hydrogens is 270 g/mol. The number of hydrogen-bond acceptors (Lipinski definition) is 3. The van der Waals surface area contributed by atoms with Crippen LogP contribution in [0, 0.1) is 0 Å². The SMILES string of the molecule is CCNC(=O)c1ccc(NC(=O)c2cc[nH]c(=O)c2)cc1. The second-order valence-corrected chi connectivity index (χ2v) is 4.33. The van der Waals surface area contributed by atoms with E-state index in [1.165, 1.54) is 18.3 Å². The molecular formula is C15H15N3O3. The topological polar surface area (TPSA) is 91.1 Å². The molecule has 21 heavy (non-hydrogen) atoms. The molecule has 0 fully saturated rings. The Labute approximate surface area is 121 Å². The van der Waals surface area contributed by atoms with Crippen molar-refractivity contribution in [1.82, 2.24) is 10.3 Å². The first-order valence-corrected chi connectivity index (χ1v) is 6.48. The summed E-state index contributed by atoms with van der Waals surface area (Å²) < 4.78 is 0. The molecule has 0 saturated heterocycles. The van der Waals surface area contributed by atoms with Gasteiger partial charge in [0.2, 0.25) is 5.56 Å².